The third kappa shape index (κ3) is 3.70. The van der Waals surface area contributed by atoms with Crippen molar-refractivity contribution in [3.63, 3.8) is 0 Å². The highest BCUT2D eigenvalue weighted by Gasteiger charge is 2.24. The van der Waals surface area contributed by atoms with Crippen LogP contribution < -0.4 is 15.5 Å². The lowest BCUT2D eigenvalue weighted by Crippen LogP contribution is -2.39. The van der Waals surface area contributed by atoms with Gasteiger partial charge in [0.15, 0.2) is 0 Å². The molecule has 3 amide bonds. The summed E-state index contributed by atoms with van der Waals surface area (Å²) >= 11 is 0. The van der Waals surface area contributed by atoms with Crippen LogP contribution in [0, 0.1) is 5.92 Å². The summed E-state index contributed by atoms with van der Waals surface area (Å²) in [6, 6.07) is 7.31. The molecule has 2 fully saturated rings. The number of nitrogens with zero attached hydrogens (tertiary/aromatic N) is 2. The van der Waals surface area contributed by atoms with Gasteiger partial charge in [-0.1, -0.05) is 0 Å². The second-order valence-corrected chi connectivity index (χ2v) is 6.56. The van der Waals surface area contributed by atoms with Crippen LogP contribution in [0.3, 0.4) is 0 Å². The smallest absolute Gasteiger partial charge is 0.321 e. The molecule has 2 aliphatic rings. The summed E-state index contributed by atoms with van der Waals surface area (Å²) in [5.74, 6) is 0.817. The Morgan fingerprint density at radius 2 is 1.92 bits per heavy atom. The second kappa shape index (κ2) is 7.66. The summed E-state index contributed by atoms with van der Waals surface area (Å²) in [7, 11) is 1.98. The molecule has 2 aliphatic heterocycles. The molecule has 0 saturated carbocycles. The van der Waals surface area contributed by atoms with E-state index in [9.17, 15) is 9.59 Å². The zero-order chi connectivity index (χ0) is 16.9. The van der Waals surface area contributed by atoms with Crippen molar-refractivity contribution in [3.8, 4) is 0 Å². The minimum absolute atomic E-state index is 0.0716. The van der Waals surface area contributed by atoms with Gasteiger partial charge in [-0.05, 0) is 63.0 Å². The van der Waals surface area contributed by atoms with Gasteiger partial charge in [0, 0.05) is 37.4 Å². The molecule has 24 heavy (non-hydrogen) atoms. The monoisotopic (exact) mass is 330 g/mol. The summed E-state index contributed by atoms with van der Waals surface area (Å²) in [6.07, 6.45) is 3.35. The third-order valence-corrected chi connectivity index (χ3v) is 4.99. The van der Waals surface area contributed by atoms with Crippen LogP contribution in [0.5, 0.6) is 0 Å². The number of urea groups is 1. The maximum Gasteiger partial charge on any atom is 0.321 e. The topological polar surface area (TPSA) is 64.7 Å². The van der Waals surface area contributed by atoms with E-state index >= 15 is 0 Å². The fraction of sp³-hybridized carbons (Fsp3) is 0.556. The molecule has 2 N–H and O–H groups in total. The number of hydrogen-bond donors (Lipinski definition) is 2. The first-order valence-electron chi connectivity index (χ1n) is 8.78. The molecule has 2 heterocycles. The fourth-order valence-electron chi connectivity index (χ4n) is 3.46. The van der Waals surface area contributed by atoms with E-state index in [4.69, 9.17) is 0 Å². The molecular formula is C18H26N4O2. The van der Waals surface area contributed by atoms with Gasteiger partial charge in [-0.2, -0.15) is 0 Å². The fourth-order valence-corrected chi connectivity index (χ4v) is 3.46. The average Bonchev–Trinajstić information content (AvgIpc) is 3.06. The van der Waals surface area contributed by atoms with Crippen LogP contribution in [0.1, 0.15) is 29.6 Å². The van der Waals surface area contributed by atoms with Gasteiger partial charge in [0.2, 0.25) is 0 Å². The number of benzene rings is 1. The molecule has 0 aliphatic carbocycles. The summed E-state index contributed by atoms with van der Waals surface area (Å²) in [4.78, 5) is 28.0. The number of hydrogen-bond acceptors (Lipinski definition) is 3. The summed E-state index contributed by atoms with van der Waals surface area (Å²) < 4.78 is 0. The van der Waals surface area contributed by atoms with Crippen LogP contribution in [0.15, 0.2) is 24.3 Å². The molecule has 0 unspecified atom stereocenters. The Balaban J connectivity index is 1.57. The minimum atomic E-state index is -0.0716. The molecule has 3 rings (SSSR count). The highest BCUT2D eigenvalue weighted by molar-refractivity contribution is 5.97. The van der Waals surface area contributed by atoms with Crippen molar-refractivity contribution in [1.82, 2.24) is 15.5 Å². The van der Waals surface area contributed by atoms with E-state index < -0.39 is 0 Å². The first-order chi connectivity index (χ1) is 11.7. The molecule has 0 radical (unpaired) electrons. The Bertz CT molecular complexity index is 579. The largest absolute Gasteiger partial charge is 0.339 e. The normalized spacial score (nSPS) is 18.8. The molecule has 0 bridgehead atoms. The molecule has 1 aromatic rings. The van der Waals surface area contributed by atoms with Crippen molar-refractivity contribution in [1.29, 1.82) is 0 Å². The number of carbonyl (C=O) groups is 2. The minimum Gasteiger partial charge on any atom is -0.339 e. The first kappa shape index (κ1) is 16.8. The van der Waals surface area contributed by atoms with Gasteiger partial charge in [0.25, 0.3) is 5.91 Å². The maximum atomic E-state index is 12.6. The van der Waals surface area contributed by atoms with Crippen molar-refractivity contribution in [2.75, 3.05) is 44.7 Å². The molecular weight excluding hydrogens is 304 g/mol. The molecule has 1 aromatic carbocycles. The lowest BCUT2D eigenvalue weighted by Gasteiger charge is -2.32. The summed E-state index contributed by atoms with van der Waals surface area (Å²) in [5, 5.41) is 5.98. The first-order valence-corrected chi connectivity index (χ1v) is 8.78. The van der Waals surface area contributed by atoms with Crippen molar-refractivity contribution in [2.45, 2.75) is 19.3 Å². The van der Waals surface area contributed by atoms with Gasteiger partial charge in [0.1, 0.15) is 0 Å². The lowest BCUT2D eigenvalue weighted by molar-refractivity contribution is 0.0687. The zero-order valence-corrected chi connectivity index (χ0v) is 14.3. The van der Waals surface area contributed by atoms with Gasteiger partial charge in [0.05, 0.1) is 0 Å². The van der Waals surface area contributed by atoms with Crippen LogP contribution >= 0.6 is 0 Å². The van der Waals surface area contributed by atoms with Gasteiger partial charge in [-0.25, -0.2) is 4.79 Å². The zero-order valence-electron chi connectivity index (χ0n) is 14.3. The Morgan fingerprint density at radius 3 is 2.50 bits per heavy atom. The van der Waals surface area contributed by atoms with Crippen molar-refractivity contribution in [3.05, 3.63) is 29.8 Å². The van der Waals surface area contributed by atoms with E-state index in [2.05, 4.69) is 10.6 Å². The van der Waals surface area contributed by atoms with Crippen LogP contribution in [0.4, 0.5) is 10.5 Å². The van der Waals surface area contributed by atoms with Gasteiger partial charge in [-0.15, -0.1) is 0 Å². The molecule has 0 atom stereocenters. The van der Waals surface area contributed by atoms with Crippen LogP contribution in [0.25, 0.3) is 0 Å². The van der Waals surface area contributed by atoms with Gasteiger partial charge >= 0.3 is 6.03 Å². The molecule has 6 heteroatoms. The second-order valence-electron chi connectivity index (χ2n) is 6.56. The van der Waals surface area contributed by atoms with Crippen LogP contribution in [0.2, 0.25) is 0 Å². The predicted octanol–water partition coefficient (Wildman–Crippen LogP) is 1.68. The van der Waals surface area contributed by atoms with Gasteiger partial charge < -0.3 is 15.5 Å². The summed E-state index contributed by atoms with van der Waals surface area (Å²) in [6.45, 7) is 4.06. The quantitative estimate of drug-likeness (QED) is 0.863. The molecule has 0 aromatic heterocycles. The van der Waals surface area contributed by atoms with E-state index in [0.717, 1.165) is 44.1 Å². The lowest BCUT2D eigenvalue weighted by atomic mass is 9.93. The SMILES string of the molecule is CNCCC1CCN(C(=O)c2ccc(N3CCNC3=O)cc2)CC1. The highest BCUT2D eigenvalue weighted by atomic mass is 16.2. The highest BCUT2D eigenvalue weighted by Crippen LogP contribution is 2.23. The molecule has 2 saturated heterocycles. The number of nitrogens with one attached hydrogen (secondary N) is 2. The van der Waals surface area contributed by atoms with Crippen LogP contribution in [-0.4, -0.2) is 56.6 Å². The predicted molar refractivity (Wildman–Crippen MR) is 94.4 cm³/mol. The number of piperidine rings is 1. The molecule has 6 nitrogen and oxygen atoms in total. The van der Waals surface area contributed by atoms with E-state index in [0.29, 0.717) is 18.7 Å². The number of likely N-dealkylation sites (tertiary alicyclic amines) is 1. The van der Waals surface area contributed by atoms with E-state index in [-0.39, 0.29) is 11.9 Å². The van der Waals surface area contributed by atoms with E-state index in [1.165, 1.54) is 6.42 Å². The summed E-state index contributed by atoms with van der Waals surface area (Å²) in [5.41, 5.74) is 1.54. The van der Waals surface area contributed by atoms with Crippen molar-refractivity contribution >= 4 is 17.6 Å². The van der Waals surface area contributed by atoms with Crippen LogP contribution in [-0.2, 0) is 0 Å². The Kier molecular flexibility index (Phi) is 5.35. The number of carbonyl (C=O) groups excluding carboxylic acids is 2. The van der Waals surface area contributed by atoms with Crippen molar-refractivity contribution < 1.29 is 9.59 Å². The molecule has 130 valence electrons. The Hall–Kier alpha value is -2.08. The average molecular weight is 330 g/mol. The Morgan fingerprint density at radius 1 is 1.21 bits per heavy atom. The van der Waals surface area contributed by atoms with Gasteiger partial charge in [-0.3, -0.25) is 9.69 Å². The third-order valence-electron chi connectivity index (χ3n) is 4.99. The number of amides is 3. The Labute approximate surface area is 143 Å². The standard InChI is InChI=1S/C18H26N4O2/c1-19-9-6-14-7-11-21(12-8-14)17(23)15-2-4-16(5-3-15)22-13-10-20-18(22)24/h2-5,14,19H,6-13H2,1H3,(H,20,24). The van der Waals surface area contributed by atoms with E-state index in [1.807, 2.05) is 36.2 Å². The number of rotatable bonds is 5. The van der Waals surface area contributed by atoms with Crippen molar-refractivity contribution in [2.24, 2.45) is 5.92 Å². The number of anilines is 1. The van der Waals surface area contributed by atoms with E-state index in [1.54, 1.807) is 4.90 Å². The maximum absolute atomic E-state index is 12.6. The molecule has 0 spiro atoms.